The minimum absolute atomic E-state index is 0.0205. The molecule has 6 aromatic rings. The van der Waals surface area contributed by atoms with E-state index in [-0.39, 0.29) is 34.4 Å². The largest absolute Gasteiger partial charge is 0.378 e. The topological polar surface area (TPSA) is 142 Å². The highest BCUT2D eigenvalue weighted by Gasteiger charge is 2.46. The van der Waals surface area contributed by atoms with Crippen molar-refractivity contribution in [3.63, 3.8) is 0 Å². The van der Waals surface area contributed by atoms with Crippen molar-refractivity contribution in [1.29, 1.82) is 0 Å². The summed E-state index contributed by atoms with van der Waals surface area (Å²) in [5.41, 5.74) is 6.11. The van der Waals surface area contributed by atoms with Gasteiger partial charge in [-0.05, 0) is 104 Å². The van der Waals surface area contributed by atoms with Gasteiger partial charge >= 0.3 is 0 Å². The van der Waals surface area contributed by atoms with Crippen molar-refractivity contribution in [3.8, 4) is 22.5 Å². The van der Waals surface area contributed by atoms with Gasteiger partial charge in [0.15, 0.2) is 5.82 Å². The molecule has 2 atom stereocenters. The number of anilines is 2. The molecule has 4 fully saturated rings. The number of sulfonamides is 2. The van der Waals surface area contributed by atoms with Crippen LogP contribution in [0.2, 0.25) is 0 Å². The average molecular weight is 894 g/mol. The van der Waals surface area contributed by atoms with E-state index in [1.54, 1.807) is 47.4 Å². The highest BCUT2D eigenvalue weighted by molar-refractivity contribution is 7.89. The predicted octanol–water partition coefficient (Wildman–Crippen LogP) is 6.98. The summed E-state index contributed by atoms with van der Waals surface area (Å²) >= 11 is 0. The molecule has 13 nitrogen and oxygen atoms in total. The van der Waals surface area contributed by atoms with Gasteiger partial charge in [-0.15, -0.1) is 0 Å². The molecule has 1 unspecified atom stereocenters. The third kappa shape index (κ3) is 7.48. The molecule has 10 rings (SSSR count). The van der Waals surface area contributed by atoms with E-state index in [0.29, 0.717) is 48.3 Å². The number of hydrogen-bond donors (Lipinski definition) is 2. The van der Waals surface area contributed by atoms with Gasteiger partial charge in [-0.3, -0.25) is 4.79 Å². The van der Waals surface area contributed by atoms with Gasteiger partial charge in [0.1, 0.15) is 6.04 Å². The Morgan fingerprint density at radius 1 is 0.730 bits per heavy atom. The van der Waals surface area contributed by atoms with Gasteiger partial charge in [0, 0.05) is 110 Å². The number of halogens is 1. The number of carbonyl (C=O) groups excluding carboxylic acids is 1. The molecule has 63 heavy (non-hydrogen) atoms. The van der Waals surface area contributed by atoms with E-state index < -0.39 is 37.8 Å². The molecule has 4 saturated heterocycles. The van der Waals surface area contributed by atoms with Crippen LogP contribution in [0.3, 0.4) is 0 Å². The Bertz CT molecular complexity index is 2920. The Hall–Kier alpha value is -5.26. The van der Waals surface area contributed by atoms with E-state index >= 15 is 12.8 Å². The number of hydrogen-bond acceptors (Lipinski definition) is 8. The first-order valence-electron chi connectivity index (χ1n) is 21.9. The molecule has 330 valence electrons. The first-order valence-corrected chi connectivity index (χ1v) is 24.7. The monoisotopic (exact) mass is 893 g/mol. The summed E-state index contributed by atoms with van der Waals surface area (Å²) in [5, 5.41) is 1.32. The van der Waals surface area contributed by atoms with Crippen LogP contribution >= 0.6 is 0 Å². The van der Waals surface area contributed by atoms with E-state index in [0.717, 1.165) is 89.7 Å². The zero-order chi connectivity index (χ0) is 43.6. The molecule has 6 heterocycles. The maximum atomic E-state index is 17.0. The van der Waals surface area contributed by atoms with E-state index in [4.69, 9.17) is 4.74 Å². The summed E-state index contributed by atoms with van der Waals surface area (Å²) in [7, 11) is -5.12. The minimum Gasteiger partial charge on any atom is -0.378 e. The van der Waals surface area contributed by atoms with Crippen LogP contribution in [-0.2, 0) is 29.6 Å². The molecule has 2 aromatic heterocycles. The standard InChI is InChI=1S/C47H52FN7O6S2/c1-51(2)62(57,58)34-12-16-43(53-19-7-8-20-53)38(29-34)46-45(48)37-25-31(11-14-40(37)50-46)33-27-44(47(56)54-21-23-61-24-22-54)55(30-33)63(59,60)35-13-15-42(52-17-5-6-18-52)36(28-35)41-26-32-9-3-4-10-39(32)49-41/h3-4,9-16,25-26,28-29,33,44,49-50H,5-8,17-24,27,30H2,1-2H3/t33?,44-/m0/s1. The van der Waals surface area contributed by atoms with Crippen molar-refractivity contribution in [2.75, 3.05) is 82.9 Å². The summed E-state index contributed by atoms with van der Waals surface area (Å²) in [4.78, 5) is 27.5. The molecule has 0 saturated carbocycles. The number of para-hydroxylation sites is 1. The number of fused-ring (bicyclic) bond motifs is 2. The van der Waals surface area contributed by atoms with E-state index in [9.17, 15) is 13.2 Å². The quantitative estimate of drug-likeness (QED) is 0.150. The number of aromatic nitrogens is 2. The first kappa shape index (κ1) is 41.7. The van der Waals surface area contributed by atoms with Crippen LogP contribution < -0.4 is 9.80 Å². The fourth-order valence-corrected chi connectivity index (χ4v) is 12.5. The van der Waals surface area contributed by atoms with Crippen LogP contribution in [0.25, 0.3) is 44.3 Å². The highest BCUT2D eigenvalue weighted by Crippen LogP contribution is 2.43. The summed E-state index contributed by atoms with van der Waals surface area (Å²) in [6, 6.07) is 24.6. The third-order valence-corrected chi connectivity index (χ3v) is 17.1. The zero-order valence-electron chi connectivity index (χ0n) is 35.5. The fourth-order valence-electron chi connectivity index (χ4n) is 9.95. The van der Waals surface area contributed by atoms with Crippen molar-refractivity contribution >= 4 is 59.1 Å². The number of morpholine rings is 1. The Labute approximate surface area is 367 Å². The molecule has 0 radical (unpaired) electrons. The van der Waals surface area contributed by atoms with Crippen LogP contribution in [-0.4, -0.2) is 125 Å². The SMILES string of the molecule is CN(C)S(=O)(=O)c1ccc(N2CCCC2)c(-c2[nH]c3ccc(C4C[C@@H](C(=O)N5CCOCC5)N(S(=O)(=O)c5ccc(N6CCCC6)c(-c6cc7ccccc7[nH]6)c5)C4)cc3c2F)c1. The van der Waals surface area contributed by atoms with Gasteiger partial charge in [0.05, 0.1) is 28.7 Å². The van der Waals surface area contributed by atoms with E-state index in [1.807, 2.05) is 36.4 Å². The summed E-state index contributed by atoms with van der Waals surface area (Å²) in [6.45, 7) is 4.79. The Kier molecular flexibility index (Phi) is 10.9. The summed E-state index contributed by atoms with van der Waals surface area (Å²) < 4.78 is 81.7. The summed E-state index contributed by atoms with van der Waals surface area (Å²) in [5.74, 6) is -1.23. The van der Waals surface area contributed by atoms with Crippen LogP contribution in [0.15, 0.2) is 94.7 Å². The lowest BCUT2D eigenvalue weighted by molar-refractivity contribution is -0.138. The lowest BCUT2D eigenvalue weighted by Crippen LogP contribution is -2.50. The van der Waals surface area contributed by atoms with Crippen LogP contribution in [0.1, 0.15) is 43.6 Å². The maximum Gasteiger partial charge on any atom is 0.243 e. The molecule has 0 bridgehead atoms. The Morgan fingerprint density at radius 3 is 2.06 bits per heavy atom. The second-order valence-electron chi connectivity index (χ2n) is 17.4. The fraction of sp³-hybridized carbons (Fsp3) is 0.383. The number of H-pyrrole nitrogens is 2. The second-order valence-corrected chi connectivity index (χ2v) is 21.4. The van der Waals surface area contributed by atoms with Crippen molar-refractivity contribution in [3.05, 3.63) is 96.3 Å². The van der Waals surface area contributed by atoms with Crippen molar-refractivity contribution in [2.45, 2.75) is 53.9 Å². The molecule has 4 aromatic carbocycles. The molecule has 0 aliphatic carbocycles. The van der Waals surface area contributed by atoms with Gasteiger partial charge in [0.2, 0.25) is 26.0 Å². The molecule has 16 heteroatoms. The highest BCUT2D eigenvalue weighted by atomic mass is 32.2. The molecule has 2 N–H and O–H groups in total. The number of amides is 1. The third-order valence-electron chi connectivity index (χ3n) is 13.4. The van der Waals surface area contributed by atoms with Crippen LogP contribution in [0.4, 0.5) is 15.8 Å². The van der Waals surface area contributed by atoms with Crippen molar-refractivity contribution < 1.29 is 30.8 Å². The molecule has 4 aliphatic rings. The summed E-state index contributed by atoms with van der Waals surface area (Å²) in [6.07, 6.45) is 4.28. The number of nitrogens with one attached hydrogen (secondary N) is 2. The van der Waals surface area contributed by atoms with Gasteiger partial charge < -0.3 is 29.4 Å². The van der Waals surface area contributed by atoms with Crippen LogP contribution in [0.5, 0.6) is 0 Å². The number of rotatable bonds is 10. The number of aromatic amines is 2. The number of nitrogens with zero attached hydrogens (tertiary/aromatic N) is 5. The molecule has 1 amide bonds. The van der Waals surface area contributed by atoms with Crippen LogP contribution in [0, 0.1) is 5.82 Å². The predicted molar refractivity (Wildman–Crippen MR) is 244 cm³/mol. The normalized spacial score (nSPS) is 20.3. The van der Waals surface area contributed by atoms with E-state index in [2.05, 4.69) is 25.8 Å². The second kappa shape index (κ2) is 16.4. The first-order chi connectivity index (χ1) is 30.4. The number of carbonyl (C=O) groups is 1. The molecule has 0 spiro atoms. The van der Waals surface area contributed by atoms with Crippen molar-refractivity contribution in [2.24, 2.45) is 0 Å². The lowest BCUT2D eigenvalue weighted by Gasteiger charge is -2.32. The average Bonchev–Trinajstić information content (AvgIpc) is 4.16. The zero-order valence-corrected chi connectivity index (χ0v) is 37.2. The van der Waals surface area contributed by atoms with Gasteiger partial charge in [0.25, 0.3) is 0 Å². The minimum atomic E-state index is -4.25. The lowest BCUT2D eigenvalue weighted by atomic mass is 9.94. The smallest absolute Gasteiger partial charge is 0.243 e. The van der Waals surface area contributed by atoms with Crippen molar-refractivity contribution in [1.82, 2.24) is 23.5 Å². The Morgan fingerprint density at radius 2 is 1.38 bits per heavy atom. The molecular formula is C47H52FN7O6S2. The van der Waals surface area contributed by atoms with Gasteiger partial charge in [-0.25, -0.2) is 25.5 Å². The van der Waals surface area contributed by atoms with Gasteiger partial charge in [-0.1, -0.05) is 24.3 Å². The number of ether oxygens (including phenoxy) is 1. The molecular weight excluding hydrogens is 842 g/mol. The number of benzene rings is 4. The van der Waals surface area contributed by atoms with Gasteiger partial charge in [-0.2, -0.15) is 4.31 Å². The Balaban J connectivity index is 1.03. The maximum absolute atomic E-state index is 17.0. The molecule has 4 aliphatic heterocycles. The van der Waals surface area contributed by atoms with E-state index in [1.165, 1.54) is 18.4 Å².